The Morgan fingerprint density at radius 1 is 1.40 bits per heavy atom. The molecule has 1 aromatic heterocycles. The van der Waals surface area contributed by atoms with Gasteiger partial charge in [-0.2, -0.15) is 0 Å². The van der Waals surface area contributed by atoms with Crippen LogP contribution >= 0.6 is 0 Å². The maximum absolute atomic E-state index is 8.99. The minimum absolute atomic E-state index is 0.101. The average molecular weight is 270 g/mol. The van der Waals surface area contributed by atoms with E-state index in [1.165, 1.54) is 19.3 Å². The lowest BCUT2D eigenvalue weighted by Gasteiger charge is -2.37. The summed E-state index contributed by atoms with van der Waals surface area (Å²) in [6.45, 7) is 0. The topological polar surface area (TPSA) is 74.7 Å². The first-order chi connectivity index (χ1) is 9.72. The van der Waals surface area contributed by atoms with Gasteiger partial charge in [0.2, 0.25) is 0 Å². The number of anilines is 1. The van der Waals surface area contributed by atoms with Crippen molar-refractivity contribution in [3.05, 3.63) is 36.0 Å². The number of pyridine rings is 1. The van der Waals surface area contributed by atoms with Crippen molar-refractivity contribution >= 4 is 22.4 Å². The lowest BCUT2D eigenvalue weighted by atomic mass is 9.90. The first-order valence-electron chi connectivity index (χ1n) is 6.81. The summed E-state index contributed by atoms with van der Waals surface area (Å²) in [5.74, 6) is 0.101. The minimum atomic E-state index is 0.101. The molecule has 3 N–H and O–H groups in total. The molecular formula is C15H18N4O. The monoisotopic (exact) mass is 270 g/mol. The molecule has 1 aliphatic rings. The zero-order valence-electron chi connectivity index (χ0n) is 11.5. The number of hydrogen-bond acceptors (Lipinski definition) is 4. The van der Waals surface area contributed by atoms with Crippen molar-refractivity contribution in [1.82, 2.24) is 4.98 Å². The molecule has 20 heavy (non-hydrogen) atoms. The number of amidine groups is 1. The van der Waals surface area contributed by atoms with Crippen LogP contribution in [0.5, 0.6) is 0 Å². The van der Waals surface area contributed by atoms with Crippen LogP contribution < -0.4 is 10.6 Å². The fourth-order valence-corrected chi connectivity index (χ4v) is 2.70. The number of benzene rings is 1. The summed E-state index contributed by atoms with van der Waals surface area (Å²) in [5, 5.41) is 13.2. The van der Waals surface area contributed by atoms with Crippen molar-refractivity contribution < 1.29 is 5.21 Å². The van der Waals surface area contributed by atoms with Gasteiger partial charge in [-0.15, -0.1) is 0 Å². The second-order valence-corrected chi connectivity index (χ2v) is 5.22. The fraction of sp³-hybridized carbons (Fsp3) is 0.333. The van der Waals surface area contributed by atoms with E-state index in [2.05, 4.69) is 22.1 Å². The molecule has 0 radical (unpaired) electrons. The first kappa shape index (κ1) is 12.7. The number of aromatic nitrogens is 1. The molecule has 1 heterocycles. The maximum Gasteiger partial charge on any atom is 0.173 e. The van der Waals surface area contributed by atoms with Crippen LogP contribution in [0.2, 0.25) is 0 Å². The van der Waals surface area contributed by atoms with Gasteiger partial charge in [-0.25, -0.2) is 0 Å². The van der Waals surface area contributed by atoms with Gasteiger partial charge in [0.1, 0.15) is 0 Å². The predicted octanol–water partition coefficient (Wildman–Crippen LogP) is 2.32. The number of fused-ring (bicyclic) bond motifs is 1. The number of nitrogens with zero attached hydrogens (tertiary/aromatic N) is 3. The van der Waals surface area contributed by atoms with Gasteiger partial charge in [-0.05, 0) is 25.3 Å². The molecule has 0 spiro atoms. The Kier molecular flexibility index (Phi) is 3.18. The van der Waals surface area contributed by atoms with E-state index < -0.39 is 0 Å². The van der Waals surface area contributed by atoms with Crippen molar-refractivity contribution in [3.8, 4) is 0 Å². The van der Waals surface area contributed by atoms with E-state index in [1.54, 1.807) is 6.20 Å². The predicted molar refractivity (Wildman–Crippen MR) is 80.3 cm³/mol. The Morgan fingerprint density at radius 3 is 2.80 bits per heavy atom. The summed E-state index contributed by atoms with van der Waals surface area (Å²) in [5.41, 5.74) is 8.41. The first-order valence-corrected chi connectivity index (χ1v) is 6.81. The molecule has 0 unspecified atom stereocenters. The highest BCUT2D eigenvalue weighted by molar-refractivity contribution is 6.08. The number of para-hydroxylation sites is 1. The van der Waals surface area contributed by atoms with Gasteiger partial charge in [0.15, 0.2) is 5.84 Å². The van der Waals surface area contributed by atoms with Crippen LogP contribution in [0.15, 0.2) is 35.6 Å². The van der Waals surface area contributed by atoms with Gasteiger partial charge in [0.05, 0.1) is 16.8 Å². The summed E-state index contributed by atoms with van der Waals surface area (Å²) < 4.78 is 0. The van der Waals surface area contributed by atoms with Gasteiger partial charge in [-0.3, -0.25) is 4.98 Å². The lowest BCUT2D eigenvalue weighted by molar-refractivity contribution is 0.318. The molecule has 5 nitrogen and oxygen atoms in total. The van der Waals surface area contributed by atoms with E-state index in [9.17, 15) is 0 Å². The molecule has 1 saturated carbocycles. The Balaban J connectivity index is 2.22. The Bertz CT molecular complexity index is 664. The molecule has 0 aliphatic heterocycles. The molecule has 1 aliphatic carbocycles. The van der Waals surface area contributed by atoms with Gasteiger partial charge in [-0.1, -0.05) is 23.4 Å². The van der Waals surface area contributed by atoms with Gasteiger partial charge in [0, 0.05) is 24.7 Å². The number of hydrogen-bond donors (Lipinski definition) is 2. The Labute approximate surface area is 117 Å². The zero-order chi connectivity index (χ0) is 14.1. The van der Waals surface area contributed by atoms with Crippen molar-refractivity contribution in [2.24, 2.45) is 10.9 Å². The third-order valence-electron chi connectivity index (χ3n) is 4.11. The largest absolute Gasteiger partial charge is 0.409 e. The molecule has 104 valence electrons. The number of oxime groups is 1. The fourth-order valence-electron chi connectivity index (χ4n) is 2.70. The smallest absolute Gasteiger partial charge is 0.173 e. The molecule has 1 aromatic carbocycles. The van der Waals surface area contributed by atoms with E-state index in [4.69, 9.17) is 10.9 Å². The Morgan fingerprint density at radius 2 is 2.15 bits per heavy atom. The van der Waals surface area contributed by atoms with E-state index in [1.807, 2.05) is 24.3 Å². The summed E-state index contributed by atoms with van der Waals surface area (Å²) >= 11 is 0. The standard InChI is InChI=1S/C15H18N4O/c1-19(10-5-4-6-10)14-11-7-2-3-8-13(11)17-9-12(14)15(16)18-20/h2-3,7-10,20H,4-6H2,1H3,(H2,16,18). The molecule has 5 heteroatoms. The summed E-state index contributed by atoms with van der Waals surface area (Å²) in [6, 6.07) is 8.47. The van der Waals surface area contributed by atoms with E-state index in [-0.39, 0.29) is 5.84 Å². The molecule has 0 atom stereocenters. The maximum atomic E-state index is 8.99. The van der Waals surface area contributed by atoms with Crippen molar-refractivity contribution in [1.29, 1.82) is 0 Å². The van der Waals surface area contributed by atoms with Crippen LogP contribution in [-0.2, 0) is 0 Å². The quantitative estimate of drug-likeness (QED) is 0.388. The second kappa shape index (κ2) is 5.00. The highest BCUT2D eigenvalue weighted by Gasteiger charge is 2.26. The highest BCUT2D eigenvalue weighted by atomic mass is 16.4. The normalized spacial score (nSPS) is 16.1. The summed E-state index contributed by atoms with van der Waals surface area (Å²) in [6.07, 6.45) is 5.31. The lowest BCUT2D eigenvalue weighted by Crippen LogP contribution is -2.38. The molecule has 0 saturated heterocycles. The third kappa shape index (κ3) is 1.95. The van der Waals surface area contributed by atoms with Gasteiger partial charge >= 0.3 is 0 Å². The van der Waals surface area contributed by atoms with Crippen molar-refractivity contribution in [2.45, 2.75) is 25.3 Å². The molecule has 0 amide bonds. The second-order valence-electron chi connectivity index (χ2n) is 5.22. The molecule has 1 fully saturated rings. The van der Waals surface area contributed by atoms with Crippen molar-refractivity contribution in [3.63, 3.8) is 0 Å². The van der Waals surface area contributed by atoms with E-state index in [0.717, 1.165) is 16.6 Å². The average Bonchev–Trinajstić information content (AvgIpc) is 2.43. The van der Waals surface area contributed by atoms with Crippen LogP contribution in [0, 0.1) is 0 Å². The number of rotatable bonds is 3. The summed E-state index contributed by atoms with van der Waals surface area (Å²) in [4.78, 5) is 6.63. The molecular weight excluding hydrogens is 252 g/mol. The van der Waals surface area contributed by atoms with Gasteiger partial charge in [0.25, 0.3) is 0 Å². The highest BCUT2D eigenvalue weighted by Crippen LogP contribution is 2.34. The van der Waals surface area contributed by atoms with Crippen LogP contribution in [-0.4, -0.2) is 29.1 Å². The van der Waals surface area contributed by atoms with Crippen LogP contribution in [0.4, 0.5) is 5.69 Å². The SMILES string of the molecule is CN(c1c(/C(N)=N/O)cnc2ccccc12)C1CCC1. The molecule has 2 aromatic rings. The number of nitrogens with two attached hydrogens (primary N) is 1. The summed E-state index contributed by atoms with van der Waals surface area (Å²) in [7, 11) is 2.07. The minimum Gasteiger partial charge on any atom is -0.409 e. The Hall–Kier alpha value is -2.30. The third-order valence-corrected chi connectivity index (χ3v) is 4.11. The van der Waals surface area contributed by atoms with Gasteiger partial charge < -0.3 is 15.8 Å². The molecule has 0 bridgehead atoms. The van der Waals surface area contributed by atoms with Crippen LogP contribution in [0.3, 0.4) is 0 Å². The van der Waals surface area contributed by atoms with Crippen molar-refractivity contribution in [2.75, 3.05) is 11.9 Å². The van der Waals surface area contributed by atoms with Crippen LogP contribution in [0.25, 0.3) is 10.9 Å². The van der Waals surface area contributed by atoms with E-state index in [0.29, 0.717) is 11.6 Å². The zero-order valence-corrected chi connectivity index (χ0v) is 11.5. The molecule has 3 rings (SSSR count). The van der Waals surface area contributed by atoms with Crippen LogP contribution in [0.1, 0.15) is 24.8 Å². The van der Waals surface area contributed by atoms with E-state index >= 15 is 0 Å².